The van der Waals surface area contributed by atoms with Gasteiger partial charge in [-0.1, -0.05) is 13.8 Å². The quantitative estimate of drug-likeness (QED) is 0.698. The molecule has 0 saturated carbocycles. The topological polar surface area (TPSA) is 46.2 Å². The maximum Gasteiger partial charge on any atom is 0.208 e. The molecule has 0 aliphatic rings. The number of hydrogen-bond donors (Lipinski definition) is 1. The minimum Gasteiger partial charge on any atom is -0.213 e. The molecule has 5 heteroatoms. The van der Waals surface area contributed by atoms with E-state index >= 15 is 0 Å². The third-order valence-corrected chi connectivity index (χ3v) is 2.46. The summed E-state index contributed by atoms with van der Waals surface area (Å²) in [6, 6.07) is -0.137. The summed E-state index contributed by atoms with van der Waals surface area (Å²) in [5.74, 6) is 0.772. The second-order valence-corrected chi connectivity index (χ2v) is 5.46. The number of halogens is 1. The van der Waals surface area contributed by atoms with Crippen LogP contribution in [0, 0.1) is 5.92 Å². The molecule has 12 heavy (non-hydrogen) atoms. The summed E-state index contributed by atoms with van der Waals surface area (Å²) in [6.45, 7) is 4.06. The third-order valence-electron chi connectivity index (χ3n) is 1.32. The maximum atomic E-state index is 10.8. The molecule has 0 unspecified atom stereocenters. The van der Waals surface area contributed by atoms with Crippen LogP contribution in [0.4, 0.5) is 0 Å². The average Bonchev–Trinajstić information content (AvgIpc) is 1.82. The van der Waals surface area contributed by atoms with Crippen molar-refractivity contribution < 1.29 is 8.42 Å². The summed E-state index contributed by atoms with van der Waals surface area (Å²) < 4.78 is 24.1. The van der Waals surface area contributed by atoms with Gasteiger partial charge in [0, 0.05) is 11.9 Å². The molecule has 0 aromatic heterocycles. The predicted molar refractivity (Wildman–Crippen MR) is 51.9 cm³/mol. The molecule has 0 saturated heterocycles. The van der Waals surface area contributed by atoms with Crippen LogP contribution >= 0.6 is 11.6 Å². The molecule has 0 aromatic rings. The van der Waals surface area contributed by atoms with Gasteiger partial charge < -0.3 is 0 Å². The molecular formula is C7H16ClNO2S. The van der Waals surface area contributed by atoms with Crippen LogP contribution in [0.25, 0.3) is 0 Å². The zero-order valence-corrected chi connectivity index (χ0v) is 9.24. The lowest BCUT2D eigenvalue weighted by atomic mass is 10.1. The molecule has 0 spiro atoms. The molecule has 0 amide bonds. The Labute approximate surface area is 79.5 Å². The Morgan fingerprint density at radius 2 is 1.92 bits per heavy atom. The molecule has 0 radical (unpaired) electrons. The standard InChI is InChI=1S/C7H16ClNO2S/c1-6(2)4-7(5-8)9-12(3,10)11/h6-7,9H,4-5H2,1-3H3/t7-/m0/s1. The molecule has 0 rings (SSSR count). The molecule has 0 fully saturated rings. The van der Waals surface area contributed by atoms with Gasteiger partial charge in [0.25, 0.3) is 0 Å². The van der Waals surface area contributed by atoms with Gasteiger partial charge in [0.05, 0.1) is 6.26 Å². The zero-order chi connectivity index (χ0) is 9.78. The Morgan fingerprint density at radius 3 is 2.17 bits per heavy atom. The SMILES string of the molecule is CC(C)C[C@@H](CCl)NS(C)(=O)=O. The first-order valence-corrected chi connectivity index (χ1v) is 6.31. The minimum atomic E-state index is -3.12. The van der Waals surface area contributed by atoms with E-state index in [1.54, 1.807) is 0 Å². The van der Waals surface area contributed by atoms with Crippen LogP contribution in [-0.4, -0.2) is 26.6 Å². The minimum absolute atomic E-state index is 0.137. The van der Waals surface area contributed by atoms with E-state index < -0.39 is 10.0 Å². The van der Waals surface area contributed by atoms with Gasteiger partial charge >= 0.3 is 0 Å². The normalized spacial score (nSPS) is 15.1. The number of alkyl halides is 1. The van der Waals surface area contributed by atoms with Crippen LogP contribution in [-0.2, 0) is 10.0 Å². The molecule has 0 heterocycles. The molecule has 0 aromatic carbocycles. The highest BCUT2D eigenvalue weighted by Gasteiger charge is 2.13. The van der Waals surface area contributed by atoms with Gasteiger partial charge in [-0.2, -0.15) is 0 Å². The fourth-order valence-electron chi connectivity index (χ4n) is 1.01. The highest BCUT2D eigenvalue weighted by atomic mass is 35.5. The number of hydrogen-bond acceptors (Lipinski definition) is 2. The van der Waals surface area contributed by atoms with Gasteiger partial charge in [0.15, 0.2) is 0 Å². The van der Waals surface area contributed by atoms with Gasteiger partial charge in [-0.05, 0) is 12.3 Å². The first-order valence-electron chi connectivity index (χ1n) is 3.88. The van der Waals surface area contributed by atoms with Crippen molar-refractivity contribution in [3.8, 4) is 0 Å². The van der Waals surface area contributed by atoms with E-state index in [1.165, 1.54) is 0 Å². The second-order valence-electron chi connectivity index (χ2n) is 3.37. The second kappa shape index (κ2) is 5.04. The molecule has 1 N–H and O–H groups in total. The maximum absolute atomic E-state index is 10.8. The molecule has 74 valence electrons. The van der Waals surface area contributed by atoms with Crippen LogP contribution < -0.4 is 4.72 Å². The van der Waals surface area contributed by atoms with Gasteiger partial charge in [0.1, 0.15) is 0 Å². The van der Waals surface area contributed by atoms with Gasteiger partial charge in [-0.15, -0.1) is 11.6 Å². The van der Waals surface area contributed by atoms with E-state index in [0.29, 0.717) is 11.8 Å². The number of rotatable bonds is 5. The zero-order valence-electron chi connectivity index (χ0n) is 7.67. The summed E-state index contributed by atoms with van der Waals surface area (Å²) >= 11 is 5.59. The van der Waals surface area contributed by atoms with Crippen molar-refractivity contribution in [2.45, 2.75) is 26.3 Å². The van der Waals surface area contributed by atoms with Gasteiger partial charge in [0.2, 0.25) is 10.0 Å². The Hall–Kier alpha value is 0.200. The van der Waals surface area contributed by atoms with E-state index in [9.17, 15) is 8.42 Å². The highest BCUT2D eigenvalue weighted by molar-refractivity contribution is 7.88. The lowest BCUT2D eigenvalue weighted by Gasteiger charge is -2.16. The Morgan fingerprint density at radius 1 is 1.42 bits per heavy atom. The van der Waals surface area contributed by atoms with Crippen LogP contribution in [0.2, 0.25) is 0 Å². The first-order chi connectivity index (χ1) is 5.35. The van der Waals surface area contributed by atoms with Crippen molar-refractivity contribution in [1.82, 2.24) is 4.72 Å². The van der Waals surface area contributed by atoms with E-state index in [4.69, 9.17) is 11.6 Å². The summed E-state index contributed by atoms with van der Waals surface area (Å²) in [7, 11) is -3.12. The van der Waals surface area contributed by atoms with Crippen LogP contribution in [0.5, 0.6) is 0 Å². The van der Waals surface area contributed by atoms with E-state index in [1.807, 2.05) is 13.8 Å². The molecule has 0 bridgehead atoms. The third kappa shape index (κ3) is 6.88. The van der Waals surface area contributed by atoms with Crippen molar-refractivity contribution in [2.24, 2.45) is 5.92 Å². The van der Waals surface area contributed by atoms with Crippen molar-refractivity contribution in [1.29, 1.82) is 0 Å². The molecule has 0 aliphatic heterocycles. The first kappa shape index (κ1) is 12.2. The summed E-state index contributed by atoms with van der Waals surface area (Å²) in [5, 5.41) is 0. The number of sulfonamides is 1. The van der Waals surface area contributed by atoms with Gasteiger partial charge in [-0.3, -0.25) is 0 Å². The Kier molecular flexibility index (Phi) is 5.13. The fourth-order valence-corrected chi connectivity index (χ4v) is 2.09. The molecule has 1 atom stereocenters. The summed E-state index contributed by atoms with van der Waals surface area (Å²) in [6.07, 6.45) is 1.92. The monoisotopic (exact) mass is 213 g/mol. The van der Waals surface area contributed by atoms with Crippen LogP contribution in [0.15, 0.2) is 0 Å². The van der Waals surface area contributed by atoms with Crippen molar-refractivity contribution in [3.63, 3.8) is 0 Å². The highest BCUT2D eigenvalue weighted by Crippen LogP contribution is 2.06. The number of nitrogens with one attached hydrogen (secondary N) is 1. The molecular weight excluding hydrogens is 198 g/mol. The lowest BCUT2D eigenvalue weighted by molar-refractivity contribution is 0.487. The largest absolute Gasteiger partial charge is 0.213 e. The molecule has 0 aliphatic carbocycles. The lowest BCUT2D eigenvalue weighted by Crippen LogP contribution is -2.36. The van der Waals surface area contributed by atoms with E-state index in [2.05, 4.69) is 4.72 Å². The summed E-state index contributed by atoms with van der Waals surface area (Å²) in [4.78, 5) is 0. The predicted octanol–water partition coefficient (Wildman–Crippen LogP) is 1.19. The van der Waals surface area contributed by atoms with Gasteiger partial charge in [-0.25, -0.2) is 13.1 Å². The van der Waals surface area contributed by atoms with E-state index in [0.717, 1.165) is 12.7 Å². The van der Waals surface area contributed by atoms with E-state index in [-0.39, 0.29) is 6.04 Å². The Balaban J connectivity index is 4.01. The van der Waals surface area contributed by atoms with Crippen LogP contribution in [0.3, 0.4) is 0 Å². The smallest absolute Gasteiger partial charge is 0.208 e. The average molecular weight is 214 g/mol. The van der Waals surface area contributed by atoms with Crippen molar-refractivity contribution in [3.05, 3.63) is 0 Å². The fraction of sp³-hybridized carbons (Fsp3) is 1.00. The van der Waals surface area contributed by atoms with Crippen molar-refractivity contribution >= 4 is 21.6 Å². The molecule has 3 nitrogen and oxygen atoms in total. The Bertz CT molecular complexity index is 213. The van der Waals surface area contributed by atoms with Crippen molar-refractivity contribution in [2.75, 3.05) is 12.1 Å². The summed E-state index contributed by atoms with van der Waals surface area (Å²) in [5.41, 5.74) is 0. The van der Waals surface area contributed by atoms with Crippen LogP contribution in [0.1, 0.15) is 20.3 Å².